The highest BCUT2D eigenvalue weighted by atomic mass is 16.3. The molecule has 1 aliphatic carbocycles. The normalized spacial score (nSPS) is 16.8. The van der Waals surface area contributed by atoms with Crippen LogP contribution in [0.25, 0.3) is 0 Å². The largest absolute Gasteiger partial charge is 0.506 e. The van der Waals surface area contributed by atoms with E-state index in [2.05, 4.69) is 16.4 Å². The van der Waals surface area contributed by atoms with Gasteiger partial charge in [0, 0.05) is 12.2 Å². The molecule has 1 heterocycles. The predicted molar refractivity (Wildman–Crippen MR) is 69.4 cm³/mol. The van der Waals surface area contributed by atoms with Gasteiger partial charge < -0.3 is 10.4 Å². The summed E-state index contributed by atoms with van der Waals surface area (Å²) in [6.07, 6.45) is 9.57. The van der Waals surface area contributed by atoms with Crippen molar-refractivity contribution in [3.05, 3.63) is 35.7 Å². The zero-order valence-corrected chi connectivity index (χ0v) is 10.5. The maximum Gasteiger partial charge on any atom is 0.253 e. The number of rotatable bonds is 3. The summed E-state index contributed by atoms with van der Waals surface area (Å²) in [4.78, 5) is 15.8. The number of carbonyl (C=O) groups excluding carboxylic acids is 1. The first-order valence-corrected chi connectivity index (χ1v) is 6.30. The molecule has 1 aliphatic rings. The van der Waals surface area contributed by atoms with Gasteiger partial charge in [0.2, 0.25) is 0 Å². The van der Waals surface area contributed by atoms with Crippen molar-refractivity contribution in [2.24, 2.45) is 0 Å². The standard InChI is InChI=1S/C14H18N2O2/c1-10(11-5-3-2-4-6-11)16-14(18)12-7-13(17)9-15-8-12/h5,7-10,17H,2-4,6H2,1H3,(H,16,18). The Morgan fingerprint density at radius 2 is 2.28 bits per heavy atom. The summed E-state index contributed by atoms with van der Waals surface area (Å²) < 4.78 is 0. The molecule has 1 aromatic heterocycles. The minimum absolute atomic E-state index is 0.00665. The Balaban J connectivity index is 2.00. The van der Waals surface area contributed by atoms with Crippen LogP contribution in [0.4, 0.5) is 0 Å². The average Bonchev–Trinajstić information content (AvgIpc) is 2.39. The van der Waals surface area contributed by atoms with E-state index >= 15 is 0 Å². The fourth-order valence-electron chi connectivity index (χ4n) is 2.18. The first-order chi connectivity index (χ1) is 8.66. The number of aromatic hydroxyl groups is 1. The van der Waals surface area contributed by atoms with Crippen molar-refractivity contribution in [2.45, 2.75) is 38.6 Å². The van der Waals surface area contributed by atoms with Gasteiger partial charge >= 0.3 is 0 Å². The van der Waals surface area contributed by atoms with Gasteiger partial charge in [-0.3, -0.25) is 9.78 Å². The van der Waals surface area contributed by atoms with Crippen LogP contribution in [0.2, 0.25) is 0 Å². The van der Waals surface area contributed by atoms with Gasteiger partial charge in [-0.25, -0.2) is 0 Å². The van der Waals surface area contributed by atoms with E-state index in [1.165, 1.54) is 36.9 Å². The molecular formula is C14H18N2O2. The fourth-order valence-corrected chi connectivity index (χ4v) is 2.18. The van der Waals surface area contributed by atoms with E-state index in [1.807, 2.05) is 6.92 Å². The molecule has 96 valence electrons. The molecule has 1 unspecified atom stereocenters. The minimum atomic E-state index is -0.197. The Labute approximate surface area is 107 Å². The van der Waals surface area contributed by atoms with Crippen molar-refractivity contribution in [1.29, 1.82) is 0 Å². The molecule has 0 aromatic carbocycles. The highest BCUT2D eigenvalue weighted by molar-refractivity contribution is 5.94. The Morgan fingerprint density at radius 1 is 1.44 bits per heavy atom. The van der Waals surface area contributed by atoms with E-state index in [0.717, 1.165) is 12.8 Å². The van der Waals surface area contributed by atoms with Gasteiger partial charge in [-0.1, -0.05) is 11.6 Å². The highest BCUT2D eigenvalue weighted by Gasteiger charge is 2.15. The van der Waals surface area contributed by atoms with Gasteiger partial charge in [0.15, 0.2) is 0 Å². The maximum atomic E-state index is 12.0. The number of amides is 1. The smallest absolute Gasteiger partial charge is 0.253 e. The number of pyridine rings is 1. The number of allylic oxidation sites excluding steroid dienone is 1. The molecule has 0 spiro atoms. The molecule has 0 radical (unpaired) electrons. The van der Waals surface area contributed by atoms with Crippen molar-refractivity contribution >= 4 is 5.91 Å². The Bertz CT molecular complexity index is 469. The minimum Gasteiger partial charge on any atom is -0.506 e. The van der Waals surface area contributed by atoms with Crippen molar-refractivity contribution in [2.75, 3.05) is 0 Å². The van der Waals surface area contributed by atoms with Crippen LogP contribution in [-0.2, 0) is 0 Å². The molecule has 0 fully saturated rings. The first kappa shape index (κ1) is 12.6. The van der Waals surface area contributed by atoms with Gasteiger partial charge in [0.05, 0.1) is 11.8 Å². The van der Waals surface area contributed by atoms with Crippen LogP contribution < -0.4 is 5.32 Å². The van der Waals surface area contributed by atoms with Crippen LogP contribution in [0.3, 0.4) is 0 Å². The van der Waals surface area contributed by atoms with E-state index < -0.39 is 0 Å². The molecule has 1 aromatic rings. The molecule has 4 heteroatoms. The number of hydrogen-bond acceptors (Lipinski definition) is 3. The zero-order chi connectivity index (χ0) is 13.0. The van der Waals surface area contributed by atoms with Gasteiger partial charge in [0.1, 0.15) is 5.75 Å². The molecular weight excluding hydrogens is 228 g/mol. The van der Waals surface area contributed by atoms with Gasteiger partial charge in [-0.15, -0.1) is 0 Å². The van der Waals surface area contributed by atoms with E-state index in [-0.39, 0.29) is 17.7 Å². The van der Waals surface area contributed by atoms with Crippen LogP contribution in [0, 0.1) is 0 Å². The van der Waals surface area contributed by atoms with Crippen LogP contribution in [0.1, 0.15) is 43.0 Å². The molecule has 4 nitrogen and oxygen atoms in total. The predicted octanol–water partition coefficient (Wildman–Crippen LogP) is 2.41. The lowest BCUT2D eigenvalue weighted by Crippen LogP contribution is -2.34. The molecule has 0 saturated heterocycles. The molecule has 2 rings (SSSR count). The monoisotopic (exact) mass is 246 g/mol. The van der Waals surface area contributed by atoms with Crippen molar-refractivity contribution < 1.29 is 9.90 Å². The van der Waals surface area contributed by atoms with E-state index in [0.29, 0.717) is 5.56 Å². The van der Waals surface area contributed by atoms with Gasteiger partial charge in [-0.05, 0) is 38.7 Å². The second kappa shape index (κ2) is 5.67. The summed E-state index contributed by atoms with van der Waals surface area (Å²) in [5.41, 5.74) is 1.68. The number of carbonyl (C=O) groups is 1. The summed E-state index contributed by atoms with van der Waals surface area (Å²) in [7, 11) is 0. The van der Waals surface area contributed by atoms with Gasteiger partial charge in [0.25, 0.3) is 5.91 Å². The SMILES string of the molecule is CC(NC(=O)c1cncc(O)c1)C1=CCCCC1. The molecule has 0 saturated carbocycles. The Hall–Kier alpha value is -1.84. The number of aromatic nitrogens is 1. The van der Waals surface area contributed by atoms with E-state index in [4.69, 9.17) is 0 Å². The van der Waals surface area contributed by atoms with Crippen molar-refractivity contribution in [3.8, 4) is 5.75 Å². The molecule has 2 N–H and O–H groups in total. The van der Waals surface area contributed by atoms with Crippen molar-refractivity contribution in [1.82, 2.24) is 10.3 Å². The average molecular weight is 246 g/mol. The lowest BCUT2D eigenvalue weighted by molar-refractivity contribution is 0.0943. The Morgan fingerprint density at radius 3 is 2.94 bits per heavy atom. The molecule has 18 heavy (non-hydrogen) atoms. The molecule has 0 aliphatic heterocycles. The van der Waals surface area contributed by atoms with Crippen molar-refractivity contribution in [3.63, 3.8) is 0 Å². The number of nitrogens with one attached hydrogen (secondary N) is 1. The molecule has 0 bridgehead atoms. The second-order valence-corrected chi connectivity index (χ2v) is 4.65. The number of hydrogen-bond donors (Lipinski definition) is 2. The van der Waals surface area contributed by atoms with E-state index in [9.17, 15) is 9.90 Å². The lowest BCUT2D eigenvalue weighted by atomic mass is 9.94. The quantitative estimate of drug-likeness (QED) is 0.805. The summed E-state index contributed by atoms with van der Waals surface area (Å²) in [5, 5.41) is 12.2. The number of nitrogens with zero attached hydrogens (tertiary/aromatic N) is 1. The zero-order valence-electron chi connectivity index (χ0n) is 10.5. The third kappa shape index (κ3) is 3.09. The van der Waals surface area contributed by atoms with Gasteiger partial charge in [-0.2, -0.15) is 0 Å². The summed E-state index contributed by atoms with van der Waals surface area (Å²) in [5.74, 6) is -0.190. The topological polar surface area (TPSA) is 62.2 Å². The molecule has 1 amide bonds. The summed E-state index contributed by atoms with van der Waals surface area (Å²) in [6.45, 7) is 1.99. The third-order valence-electron chi connectivity index (χ3n) is 3.22. The molecule has 1 atom stereocenters. The van der Waals surface area contributed by atoms with Crippen LogP contribution in [0.5, 0.6) is 5.75 Å². The Kier molecular flexibility index (Phi) is 3.97. The van der Waals surface area contributed by atoms with E-state index in [1.54, 1.807) is 0 Å². The maximum absolute atomic E-state index is 12.0. The lowest BCUT2D eigenvalue weighted by Gasteiger charge is -2.20. The van der Waals surface area contributed by atoms with Crippen LogP contribution in [-0.4, -0.2) is 22.0 Å². The third-order valence-corrected chi connectivity index (χ3v) is 3.22. The highest BCUT2D eigenvalue weighted by Crippen LogP contribution is 2.20. The summed E-state index contributed by atoms with van der Waals surface area (Å²) in [6, 6.07) is 1.46. The van der Waals surface area contributed by atoms with Crippen LogP contribution >= 0.6 is 0 Å². The fraction of sp³-hybridized carbons (Fsp3) is 0.429. The summed E-state index contributed by atoms with van der Waals surface area (Å²) >= 11 is 0. The second-order valence-electron chi connectivity index (χ2n) is 4.65. The first-order valence-electron chi connectivity index (χ1n) is 6.30. The van der Waals surface area contributed by atoms with Crippen LogP contribution in [0.15, 0.2) is 30.1 Å².